The molecule has 0 amide bonds. The van der Waals surface area contributed by atoms with Gasteiger partial charge in [-0.15, -0.1) is 11.3 Å². The molecule has 3 aromatic heterocycles. The highest BCUT2D eigenvalue weighted by Crippen LogP contribution is 2.32. The van der Waals surface area contributed by atoms with E-state index in [0.717, 1.165) is 6.26 Å². The van der Waals surface area contributed by atoms with Crippen molar-refractivity contribution in [3.8, 4) is 11.4 Å². The zero-order valence-corrected chi connectivity index (χ0v) is 15.3. The van der Waals surface area contributed by atoms with Crippen LogP contribution in [0.15, 0.2) is 38.8 Å². The fourth-order valence-corrected chi connectivity index (χ4v) is 4.44. The second kappa shape index (κ2) is 5.58. The first-order valence-corrected chi connectivity index (χ1v) is 10.2. The van der Waals surface area contributed by atoms with Crippen molar-refractivity contribution in [1.82, 2.24) is 19.9 Å². The fourth-order valence-electron chi connectivity index (χ4n) is 2.73. The molecule has 8 nitrogen and oxygen atoms in total. The van der Waals surface area contributed by atoms with Crippen LogP contribution < -0.4 is 11.2 Å². The zero-order valence-electron chi connectivity index (χ0n) is 13.7. The molecule has 2 N–H and O–H groups in total. The minimum atomic E-state index is -3.28. The first-order chi connectivity index (χ1) is 12.2. The van der Waals surface area contributed by atoms with Crippen molar-refractivity contribution in [2.45, 2.75) is 11.8 Å². The zero-order chi connectivity index (χ0) is 18.6. The van der Waals surface area contributed by atoms with E-state index in [1.165, 1.54) is 23.5 Å². The summed E-state index contributed by atoms with van der Waals surface area (Å²) in [7, 11) is -3.28. The summed E-state index contributed by atoms with van der Waals surface area (Å²) >= 11 is 1.17. The lowest BCUT2D eigenvalue weighted by Crippen LogP contribution is -2.20. The molecule has 10 heteroatoms. The molecule has 0 radical (unpaired) electrons. The number of aromatic nitrogens is 4. The third kappa shape index (κ3) is 2.63. The van der Waals surface area contributed by atoms with E-state index in [2.05, 4.69) is 19.9 Å². The van der Waals surface area contributed by atoms with Gasteiger partial charge in [-0.2, -0.15) is 0 Å². The Kier molecular flexibility index (Phi) is 3.56. The van der Waals surface area contributed by atoms with Crippen molar-refractivity contribution in [2.24, 2.45) is 0 Å². The largest absolute Gasteiger partial charge is 0.326 e. The van der Waals surface area contributed by atoms with Gasteiger partial charge in [0, 0.05) is 11.8 Å². The van der Waals surface area contributed by atoms with Crippen LogP contribution in [0.3, 0.4) is 0 Å². The molecule has 0 spiro atoms. The molecular formula is C16H12N4O4S2. The summed E-state index contributed by atoms with van der Waals surface area (Å²) in [6, 6.07) is 6.28. The van der Waals surface area contributed by atoms with E-state index in [0.29, 0.717) is 37.5 Å². The number of sulfone groups is 1. The molecule has 0 aliphatic heterocycles. The van der Waals surface area contributed by atoms with Crippen molar-refractivity contribution in [3.05, 3.63) is 50.8 Å². The van der Waals surface area contributed by atoms with E-state index in [1.807, 2.05) is 0 Å². The lowest BCUT2D eigenvalue weighted by molar-refractivity contribution is 0.602. The van der Waals surface area contributed by atoms with E-state index in [1.54, 1.807) is 19.1 Å². The first-order valence-electron chi connectivity index (χ1n) is 7.48. The molecule has 0 aliphatic carbocycles. The molecule has 132 valence electrons. The Morgan fingerprint density at radius 2 is 1.73 bits per heavy atom. The van der Waals surface area contributed by atoms with Crippen molar-refractivity contribution < 1.29 is 8.42 Å². The average Bonchev–Trinajstić information content (AvgIpc) is 2.93. The number of aromatic amines is 2. The first kappa shape index (κ1) is 16.6. The summed E-state index contributed by atoms with van der Waals surface area (Å²) in [5.74, 6) is 0.417. The lowest BCUT2D eigenvalue weighted by Gasteiger charge is -2.04. The number of hydrogen-bond donors (Lipinski definition) is 2. The Morgan fingerprint density at radius 1 is 1.04 bits per heavy atom. The van der Waals surface area contributed by atoms with Crippen LogP contribution in [-0.2, 0) is 9.84 Å². The van der Waals surface area contributed by atoms with Gasteiger partial charge >= 0.3 is 5.69 Å². The molecule has 0 saturated heterocycles. The van der Waals surface area contributed by atoms with Crippen LogP contribution in [0, 0.1) is 6.92 Å². The van der Waals surface area contributed by atoms with Gasteiger partial charge in [0.2, 0.25) is 0 Å². The Morgan fingerprint density at radius 3 is 2.38 bits per heavy atom. The summed E-state index contributed by atoms with van der Waals surface area (Å²) < 4.78 is 23.5. The monoisotopic (exact) mass is 388 g/mol. The number of nitrogens with zero attached hydrogens (tertiary/aromatic N) is 2. The number of aryl methyl sites for hydroxylation is 1. The van der Waals surface area contributed by atoms with E-state index < -0.39 is 21.1 Å². The van der Waals surface area contributed by atoms with Crippen LogP contribution in [-0.4, -0.2) is 34.6 Å². The Labute approximate surface area is 150 Å². The minimum absolute atomic E-state index is 0.213. The Hall–Kier alpha value is -2.85. The van der Waals surface area contributed by atoms with Crippen LogP contribution in [0.25, 0.3) is 31.8 Å². The molecule has 4 aromatic rings. The second-order valence-electron chi connectivity index (χ2n) is 5.82. The van der Waals surface area contributed by atoms with Gasteiger partial charge in [-0.1, -0.05) is 0 Å². The summed E-state index contributed by atoms with van der Waals surface area (Å²) in [6.45, 7) is 1.77. The van der Waals surface area contributed by atoms with Gasteiger partial charge in [-0.3, -0.25) is 9.78 Å². The van der Waals surface area contributed by atoms with Gasteiger partial charge in [-0.25, -0.2) is 23.2 Å². The Bertz CT molecular complexity index is 1400. The molecule has 0 saturated carbocycles. The fraction of sp³-hybridized carbons (Fsp3) is 0.125. The average molecular weight is 388 g/mol. The maximum atomic E-state index is 12.0. The maximum absolute atomic E-state index is 12.0. The summed E-state index contributed by atoms with van der Waals surface area (Å²) in [6.07, 6.45) is 1.14. The summed E-state index contributed by atoms with van der Waals surface area (Å²) in [5.41, 5.74) is 0.648. The van der Waals surface area contributed by atoms with Crippen molar-refractivity contribution in [3.63, 3.8) is 0 Å². The topological polar surface area (TPSA) is 126 Å². The van der Waals surface area contributed by atoms with E-state index in [4.69, 9.17) is 0 Å². The number of benzene rings is 1. The smallest absolute Gasteiger partial charge is 0.305 e. The number of rotatable bonds is 2. The lowest BCUT2D eigenvalue weighted by atomic mass is 10.2. The van der Waals surface area contributed by atoms with Gasteiger partial charge in [0.25, 0.3) is 5.56 Å². The maximum Gasteiger partial charge on any atom is 0.326 e. The SMILES string of the molecule is Cc1nc(-c2ccc(S(C)(=O)=O)cc2)nc2sc3c(=O)[nH]c(=O)[nH]c3c12. The van der Waals surface area contributed by atoms with Gasteiger partial charge in [-0.05, 0) is 31.2 Å². The molecule has 0 bridgehead atoms. The highest BCUT2D eigenvalue weighted by atomic mass is 32.2. The quantitative estimate of drug-likeness (QED) is 0.537. The normalized spacial score (nSPS) is 12.1. The van der Waals surface area contributed by atoms with E-state index in [-0.39, 0.29) is 4.90 Å². The van der Waals surface area contributed by atoms with E-state index in [9.17, 15) is 18.0 Å². The third-order valence-corrected chi connectivity index (χ3v) is 6.16. The van der Waals surface area contributed by atoms with Gasteiger partial charge < -0.3 is 4.98 Å². The number of nitrogens with one attached hydrogen (secondary N) is 2. The molecule has 3 heterocycles. The minimum Gasteiger partial charge on any atom is -0.305 e. The second-order valence-corrected chi connectivity index (χ2v) is 8.84. The van der Waals surface area contributed by atoms with Crippen LogP contribution in [0.4, 0.5) is 0 Å². The van der Waals surface area contributed by atoms with Crippen molar-refractivity contribution in [1.29, 1.82) is 0 Å². The van der Waals surface area contributed by atoms with E-state index >= 15 is 0 Å². The van der Waals surface area contributed by atoms with Gasteiger partial charge in [0.15, 0.2) is 15.7 Å². The number of fused-ring (bicyclic) bond motifs is 3. The number of thiophene rings is 1. The molecule has 0 atom stereocenters. The predicted molar refractivity (Wildman–Crippen MR) is 99.4 cm³/mol. The van der Waals surface area contributed by atoms with Crippen molar-refractivity contribution >= 4 is 41.6 Å². The van der Waals surface area contributed by atoms with Gasteiger partial charge in [0.05, 0.1) is 21.5 Å². The molecule has 26 heavy (non-hydrogen) atoms. The molecule has 0 fully saturated rings. The predicted octanol–water partition coefficient (Wildman–Crippen LogP) is 1.60. The van der Waals surface area contributed by atoms with Crippen molar-refractivity contribution in [2.75, 3.05) is 6.26 Å². The molecule has 1 aromatic carbocycles. The van der Waals surface area contributed by atoms with Crippen LogP contribution in [0.2, 0.25) is 0 Å². The summed E-state index contributed by atoms with van der Waals surface area (Å²) in [4.78, 5) is 38.1. The summed E-state index contributed by atoms with van der Waals surface area (Å²) in [5, 5.41) is 0.629. The molecular weight excluding hydrogens is 376 g/mol. The highest BCUT2D eigenvalue weighted by molar-refractivity contribution is 7.90. The standard InChI is InChI=1S/C16H12N4O4S2/c1-7-10-11-12(14(21)20-16(22)18-11)25-15(10)19-13(17-7)8-3-5-9(6-4-8)26(2,23)24/h3-6H,1-2H3,(H2,18,20,21,22). The molecule has 4 rings (SSSR count). The van der Waals surface area contributed by atoms with Gasteiger partial charge in [0.1, 0.15) is 9.53 Å². The van der Waals surface area contributed by atoms with Crippen LogP contribution >= 0.6 is 11.3 Å². The Balaban J connectivity index is 1.96. The highest BCUT2D eigenvalue weighted by Gasteiger charge is 2.16. The molecule has 0 aliphatic rings. The number of H-pyrrole nitrogens is 2. The van der Waals surface area contributed by atoms with Crippen LogP contribution in [0.1, 0.15) is 5.69 Å². The van der Waals surface area contributed by atoms with Crippen LogP contribution in [0.5, 0.6) is 0 Å². The number of hydrogen-bond acceptors (Lipinski definition) is 7. The molecule has 0 unspecified atom stereocenters. The third-order valence-electron chi connectivity index (χ3n) is 3.95.